The van der Waals surface area contributed by atoms with E-state index in [1.54, 1.807) is 12.1 Å². The first kappa shape index (κ1) is 20.2. The Morgan fingerprint density at radius 1 is 0.963 bits per heavy atom. The number of para-hydroxylation sites is 1. The maximum absolute atomic E-state index is 13.0. The number of anilines is 1. The Hall–Kier alpha value is -3.16. The number of alkyl halides is 3. The normalized spacial score (nSPS) is 11.3. The van der Waals surface area contributed by atoms with E-state index in [1.165, 1.54) is 45.6 Å². The third kappa shape index (κ3) is 4.72. The maximum Gasteiger partial charge on any atom is 0.418 e. The van der Waals surface area contributed by atoms with Gasteiger partial charge in [0.25, 0.3) is 0 Å². The number of hydrogen-bond acceptors (Lipinski definition) is 4. The van der Waals surface area contributed by atoms with Crippen LogP contribution < -0.4 is 19.5 Å². The third-order valence-electron chi connectivity index (χ3n) is 3.64. The number of carbonyl (C=O) groups excluding carboxylic acids is 1. The molecule has 5 nitrogen and oxygen atoms in total. The summed E-state index contributed by atoms with van der Waals surface area (Å²) in [7, 11) is 4.33. The first-order valence-corrected chi connectivity index (χ1v) is 7.76. The fourth-order valence-electron chi connectivity index (χ4n) is 2.43. The van der Waals surface area contributed by atoms with Gasteiger partial charge in [0.2, 0.25) is 11.7 Å². The van der Waals surface area contributed by atoms with Gasteiger partial charge < -0.3 is 19.5 Å². The highest BCUT2D eigenvalue weighted by atomic mass is 19.4. The molecule has 0 heterocycles. The van der Waals surface area contributed by atoms with Gasteiger partial charge in [-0.15, -0.1) is 0 Å². The zero-order valence-corrected chi connectivity index (χ0v) is 14.9. The largest absolute Gasteiger partial charge is 0.493 e. The highest BCUT2D eigenvalue weighted by molar-refractivity contribution is 6.02. The molecular formula is C19H18F3NO4. The van der Waals surface area contributed by atoms with Crippen molar-refractivity contribution in [3.8, 4) is 17.2 Å². The minimum Gasteiger partial charge on any atom is -0.493 e. The topological polar surface area (TPSA) is 56.8 Å². The van der Waals surface area contributed by atoms with E-state index in [9.17, 15) is 18.0 Å². The second-order valence-electron chi connectivity index (χ2n) is 5.29. The summed E-state index contributed by atoms with van der Waals surface area (Å²) >= 11 is 0. The summed E-state index contributed by atoms with van der Waals surface area (Å²) in [6.45, 7) is 0. The van der Waals surface area contributed by atoms with E-state index < -0.39 is 17.6 Å². The molecule has 27 heavy (non-hydrogen) atoms. The standard InChI is InChI=1S/C19H18F3NO4/c1-25-15-10-8-12(17(26-2)18(15)27-3)9-11-16(24)23-14-7-5-4-6-13(14)19(20,21)22/h4-11H,1-3H3,(H,23,24). The average molecular weight is 381 g/mol. The second-order valence-corrected chi connectivity index (χ2v) is 5.29. The minimum atomic E-state index is -4.57. The van der Waals surface area contributed by atoms with Gasteiger partial charge in [-0.1, -0.05) is 12.1 Å². The molecule has 2 rings (SSSR count). The molecule has 0 bridgehead atoms. The molecule has 0 aromatic heterocycles. The van der Waals surface area contributed by atoms with Crippen molar-refractivity contribution in [3.05, 3.63) is 53.6 Å². The Morgan fingerprint density at radius 3 is 2.22 bits per heavy atom. The van der Waals surface area contributed by atoms with E-state index in [4.69, 9.17) is 14.2 Å². The van der Waals surface area contributed by atoms with E-state index in [1.807, 2.05) is 0 Å². The molecule has 0 saturated heterocycles. The van der Waals surface area contributed by atoms with Gasteiger partial charge in [0.05, 0.1) is 32.6 Å². The van der Waals surface area contributed by atoms with Gasteiger partial charge in [-0.3, -0.25) is 4.79 Å². The van der Waals surface area contributed by atoms with Crippen molar-refractivity contribution in [2.24, 2.45) is 0 Å². The van der Waals surface area contributed by atoms with Crippen molar-refractivity contribution >= 4 is 17.7 Å². The fraction of sp³-hybridized carbons (Fsp3) is 0.211. The Balaban J connectivity index is 2.26. The molecule has 0 saturated carbocycles. The zero-order valence-electron chi connectivity index (χ0n) is 14.9. The number of hydrogen-bond donors (Lipinski definition) is 1. The maximum atomic E-state index is 13.0. The Kier molecular flexibility index (Phi) is 6.33. The summed E-state index contributed by atoms with van der Waals surface area (Å²) in [6.07, 6.45) is -2.05. The molecule has 2 aromatic rings. The summed E-state index contributed by atoms with van der Waals surface area (Å²) in [5.41, 5.74) is -0.746. The van der Waals surface area contributed by atoms with Crippen LogP contribution in [-0.2, 0) is 11.0 Å². The van der Waals surface area contributed by atoms with Crippen LogP contribution in [0.3, 0.4) is 0 Å². The van der Waals surface area contributed by atoms with Crippen LogP contribution in [0.25, 0.3) is 6.08 Å². The van der Waals surface area contributed by atoms with Crippen LogP contribution in [0, 0.1) is 0 Å². The molecule has 1 N–H and O–H groups in total. The molecule has 8 heteroatoms. The predicted octanol–water partition coefficient (Wildman–Crippen LogP) is 4.38. The lowest BCUT2D eigenvalue weighted by atomic mass is 10.1. The monoisotopic (exact) mass is 381 g/mol. The summed E-state index contributed by atoms with van der Waals surface area (Å²) in [4.78, 5) is 12.1. The van der Waals surface area contributed by atoms with Crippen LogP contribution in [0.15, 0.2) is 42.5 Å². The Morgan fingerprint density at radius 2 is 1.63 bits per heavy atom. The van der Waals surface area contributed by atoms with Crippen molar-refractivity contribution in [2.45, 2.75) is 6.18 Å². The van der Waals surface area contributed by atoms with E-state index in [0.29, 0.717) is 22.8 Å². The fourth-order valence-corrected chi connectivity index (χ4v) is 2.43. The minimum absolute atomic E-state index is 0.320. The predicted molar refractivity (Wildman–Crippen MR) is 95.2 cm³/mol. The second kappa shape index (κ2) is 8.48. The number of rotatable bonds is 6. The van der Waals surface area contributed by atoms with Gasteiger partial charge in [-0.2, -0.15) is 13.2 Å². The van der Waals surface area contributed by atoms with E-state index >= 15 is 0 Å². The molecule has 0 aliphatic carbocycles. The van der Waals surface area contributed by atoms with Crippen LogP contribution in [0.4, 0.5) is 18.9 Å². The SMILES string of the molecule is COc1ccc(C=CC(=O)Nc2ccccc2C(F)(F)F)c(OC)c1OC. The number of methoxy groups -OCH3 is 3. The van der Waals surface area contributed by atoms with Crippen molar-refractivity contribution in [3.63, 3.8) is 0 Å². The van der Waals surface area contributed by atoms with Crippen molar-refractivity contribution in [1.82, 2.24) is 0 Å². The van der Waals surface area contributed by atoms with Crippen molar-refractivity contribution in [1.29, 1.82) is 0 Å². The molecule has 144 valence electrons. The average Bonchev–Trinajstić information content (AvgIpc) is 2.64. The van der Waals surface area contributed by atoms with Crippen LogP contribution >= 0.6 is 0 Å². The number of halogens is 3. The highest BCUT2D eigenvalue weighted by Crippen LogP contribution is 2.40. The van der Waals surface area contributed by atoms with E-state index in [2.05, 4.69) is 5.32 Å². The summed E-state index contributed by atoms with van der Waals surface area (Å²) in [5, 5.41) is 2.23. The quantitative estimate of drug-likeness (QED) is 0.755. The first-order valence-electron chi connectivity index (χ1n) is 7.76. The molecule has 2 aromatic carbocycles. The van der Waals surface area contributed by atoms with Crippen LogP contribution in [-0.4, -0.2) is 27.2 Å². The van der Waals surface area contributed by atoms with Crippen molar-refractivity contribution in [2.75, 3.05) is 26.6 Å². The Bertz CT molecular complexity index is 847. The summed E-state index contributed by atoms with van der Waals surface area (Å²) in [6, 6.07) is 8.00. The summed E-state index contributed by atoms with van der Waals surface area (Å²) < 4.78 is 54.7. The van der Waals surface area contributed by atoms with Crippen LogP contribution in [0.2, 0.25) is 0 Å². The first-order chi connectivity index (χ1) is 12.8. The van der Waals surface area contributed by atoms with E-state index in [-0.39, 0.29) is 5.69 Å². The van der Waals surface area contributed by atoms with Gasteiger partial charge >= 0.3 is 6.18 Å². The molecule has 0 aliphatic rings. The molecule has 0 unspecified atom stereocenters. The van der Waals surface area contributed by atoms with Gasteiger partial charge in [-0.25, -0.2) is 0 Å². The van der Waals surface area contributed by atoms with Gasteiger partial charge in [0, 0.05) is 11.6 Å². The number of carbonyl (C=O) groups is 1. The van der Waals surface area contributed by atoms with Crippen molar-refractivity contribution < 1.29 is 32.2 Å². The highest BCUT2D eigenvalue weighted by Gasteiger charge is 2.33. The zero-order chi connectivity index (χ0) is 20.0. The van der Waals surface area contributed by atoms with Gasteiger partial charge in [-0.05, 0) is 30.3 Å². The molecule has 1 amide bonds. The lowest BCUT2D eigenvalue weighted by Gasteiger charge is -2.14. The Labute approximate surface area is 154 Å². The molecule has 0 spiro atoms. The number of amides is 1. The van der Waals surface area contributed by atoms with Crippen LogP contribution in [0.5, 0.6) is 17.2 Å². The molecule has 0 atom stereocenters. The molecule has 0 fully saturated rings. The molecular weight excluding hydrogens is 363 g/mol. The number of benzene rings is 2. The lowest BCUT2D eigenvalue weighted by molar-refractivity contribution is -0.136. The number of nitrogens with one attached hydrogen (secondary N) is 1. The van der Waals surface area contributed by atoms with Gasteiger partial charge in [0.1, 0.15) is 0 Å². The lowest BCUT2D eigenvalue weighted by Crippen LogP contribution is -2.14. The molecule has 0 aliphatic heterocycles. The third-order valence-corrected chi connectivity index (χ3v) is 3.64. The summed E-state index contributed by atoms with van der Waals surface area (Å²) in [5.74, 6) is 0.389. The number of ether oxygens (including phenoxy) is 3. The molecule has 0 radical (unpaired) electrons. The van der Waals surface area contributed by atoms with Gasteiger partial charge in [0.15, 0.2) is 11.5 Å². The van der Waals surface area contributed by atoms with Crippen LogP contribution in [0.1, 0.15) is 11.1 Å². The van der Waals surface area contributed by atoms with E-state index in [0.717, 1.165) is 12.1 Å². The smallest absolute Gasteiger partial charge is 0.418 e.